The number of amides is 1. The maximum Gasteiger partial charge on any atom is 0.308 e. The molecule has 0 aromatic carbocycles. The number of rotatable bonds is 5. The molecule has 3 atom stereocenters. The summed E-state index contributed by atoms with van der Waals surface area (Å²) in [5.74, 6) is -1.44. The van der Waals surface area contributed by atoms with Crippen LogP contribution in [0.1, 0.15) is 41.0 Å². The van der Waals surface area contributed by atoms with Gasteiger partial charge in [0.25, 0.3) is 0 Å². The van der Waals surface area contributed by atoms with Gasteiger partial charge in [-0.15, -0.1) is 0 Å². The van der Waals surface area contributed by atoms with Crippen molar-refractivity contribution in [2.24, 2.45) is 5.92 Å². The van der Waals surface area contributed by atoms with E-state index in [0.29, 0.717) is 6.42 Å². The summed E-state index contributed by atoms with van der Waals surface area (Å²) in [5.41, 5.74) is 0. The Morgan fingerprint density at radius 2 is 1.90 bits per heavy atom. The smallest absolute Gasteiger partial charge is 0.308 e. The van der Waals surface area contributed by atoms with Gasteiger partial charge >= 0.3 is 5.97 Å². The van der Waals surface area contributed by atoms with Gasteiger partial charge < -0.3 is 14.4 Å². The minimum absolute atomic E-state index is 0.0192. The average molecular weight is 301 g/mol. The van der Waals surface area contributed by atoms with Crippen molar-refractivity contribution in [3.05, 3.63) is 0 Å². The average Bonchev–Trinajstić information content (AvgIpc) is 2.21. The van der Waals surface area contributed by atoms with Gasteiger partial charge in [-0.3, -0.25) is 9.59 Å². The van der Waals surface area contributed by atoms with E-state index in [0.717, 1.165) is 0 Å². The Morgan fingerprint density at radius 1 is 1.40 bits per heavy atom. The molecule has 1 saturated heterocycles. The molecule has 1 aliphatic heterocycles. The highest BCUT2D eigenvalue weighted by Crippen LogP contribution is 2.39. The largest absolute Gasteiger partial charge is 0.481 e. The zero-order chi connectivity index (χ0) is 15.9. The molecule has 20 heavy (non-hydrogen) atoms. The predicted octanol–water partition coefficient (Wildman–Crippen LogP) is 2.68. The molecule has 1 aliphatic rings. The molecule has 6 heteroatoms. The first-order valence-electron chi connectivity index (χ1n) is 7.10. The highest BCUT2D eigenvalue weighted by atomic mass is 28.4. The van der Waals surface area contributed by atoms with Gasteiger partial charge in [-0.2, -0.15) is 0 Å². The van der Waals surface area contributed by atoms with Gasteiger partial charge in [0.2, 0.25) is 5.91 Å². The Labute approximate surface area is 122 Å². The van der Waals surface area contributed by atoms with Crippen LogP contribution < -0.4 is 0 Å². The van der Waals surface area contributed by atoms with Crippen molar-refractivity contribution in [1.29, 1.82) is 0 Å². The summed E-state index contributed by atoms with van der Waals surface area (Å²) in [4.78, 5) is 24.5. The number of carboxylic acid groups (broad SMARTS) is 1. The first kappa shape index (κ1) is 17.2. The molecule has 0 saturated carbocycles. The monoisotopic (exact) mass is 301 g/mol. The first-order chi connectivity index (χ1) is 8.88. The Balaban J connectivity index is 2.78. The van der Waals surface area contributed by atoms with E-state index >= 15 is 0 Å². The molecule has 0 aromatic rings. The number of hydrogen-bond acceptors (Lipinski definition) is 3. The molecule has 1 fully saturated rings. The lowest BCUT2D eigenvalue weighted by atomic mass is 9.89. The molecule has 116 valence electrons. The van der Waals surface area contributed by atoms with E-state index in [9.17, 15) is 9.59 Å². The fourth-order valence-electron chi connectivity index (χ4n) is 2.17. The Bertz CT molecular complexity index is 402. The summed E-state index contributed by atoms with van der Waals surface area (Å²) < 4.78 is 6.19. The third kappa shape index (κ3) is 3.23. The number of carbonyl (C=O) groups excluding carboxylic acids is 1. The molecule has 1 rings (SSSR count). The second kappa shape index (κ2) is 5.48. The van der Waals surface area contributed by atoms with E-state index in [1.165, 1.54) is 0 Å². The second-order valence-electron chi connectivity index (χ2n) is 7.18. The number of carbonyl (C=O) groups is 2. The Hall–Kier alpha value is -0.883. The zero-order valence-corrected chi connectivity index (χ0v) is 14.6. The fraction of sp³-hybridized carbons (Fsp3) is 0.857. The molecular weight excluding hydrogens is 274 g/mol. The van der Waals surface area contributed by atoms with Crippen LogP contribution >= 0.6 is 0 Å². The minimum atomic E-state index is -1.98. The summed E-state index contributed by atoms with van der Waals surface area (Å²) in [6.07, 6.45) is -0.0532. The number of hydrogen-bond donors (Lipinski definition) is 1. The first-order valence-corrected chi connectivity index (χ1v) is 10.0. The van der Waals surface area contributed by atoms with Crippen LogP contribution in [0.4, 0.5) is 0 Å². The van der Waals surface area contributed by atoms with E-state index in [1.807, 2.05) is 6.92 Å². The van der Waals surface area contributed by atoms with Crippen LogP contribution in [0.3, 0.4) is 0 Å². The lowest BCUT2D eigenvalue weighted by Gasteiger charge is -2.49. The van der Waals surface area contributed by atoms with Gasteiger partial charge in [0.15, 0.2) is 8.32 Å². The molecule has 1 heterocycles. The van der Waals surface area contributed by atoms with Crippen molar-refractivity contribution >= 4 is 20.2 Å². The van der Waals surface area contributed by atoms with Crippen LogP contribution in [0, 0.1) is 5.92 Å². The van der Waals surface area contributed by atoms with Gasteiger partial charge in [0.05, 0.1) is 12.0 Å². The summed E-state index contributed by atoms with van der Waals surface area (Å²) in [5, 5.41) is 9.15. The van der Waals surface area contributed by atoms with Crippen LogP contribution in [-0.2, 0) is 14.0 Å². The number of nitrogens with zero attached hydrogens (tertiary/aromatic N) is 1. The molecule has 0 aromatic heterocycles. The van der Waals surface area contributed by atoms with E-state index in [2.05, 4.69) is 33.9 Å². The summed E-state index contributed by atoms with van der Waals surface area (Å²) in [7, 11) is -1.98. The SMILES string of the molecule is CC(C(=O)O)[C@@H]1CC(=O)N1[C@@H](C)O[Si](C)(C)C(C)(C)C. The zero-order valence-electron chi connectivity index (χ0n) is 13.6. The predicted molar refractivity (Wildman–Crippen MR) is 79.8 cm³/mol. The van der Waals surface area contributed by atoms with Gasteiger partial charge in [0.1, 0.15) is 6.23 Å². The number of carboxylic acids is 1. The standard InChI is InChI=1S/C14H27NO4Si/c1-9(13(17)18)11-8-12(16)15(11)10(2)19-20(6,7)14(3,4)5/h9-11H,8H2,1-7H3,(H,17,18)/t9?,10-,11+/m1/s1. The van der Waals surface area contributed by atoms with Crippen LogP contribution in [0.2, 0.25) is 18.1 Å². The van der Waals surface area contributed by atoms with E-state index in [1.54, 1.807) is 11.8 Å². The van der Waals surface area contributed by atoms with Gasteiger partial charge in [-0.25, -0.2) is 0 Å². The second-order valence-corrected chi connectivity index (χ2v) is 11.9. The number of aliphatic carboxylic acids is 1. The van der Waals surface area contributed by atoms with Crippen LogP contribution in [0.15, 0.2) is 0 Å². The molecule has 0 bridgehead atoms. The number of likely N-dealkylation sites (tertiary alicyclic amines) is 1. The molecule has 1 amide bonds. The maximum atomic E-state index is 11.8. The molecule has 0 radical (unpaired) electrons. The summed E-state index contributed by atoms with van der Waals surface area (Å²) in [6, 6.07) is -0.250. The fourth-order valence-corrected chi connectivity index (χ4v) is 3.49. The Kier molecular flexibility index (Phi) is 4.71. The van der Waals surface area contributed by atoms with Crippen molar-refractivity contribution in [2.45, 2.75) is 71.4 Å². The van der Waals surface area contributed by atoms with E-state index in [4.69, 9.17) is 9.53 Å². The van der Waals surface area contributed by atoms with Crippen molar-refractivity contribution < 1.29 is 19.1 Å². The normalized spacial score (nSPS) is 23.2. The van der Waals surface area contributed by atoms with Crippen LogP contribution in [0.25, 0.3) is 0 Å². The highest BCUT2D eigenvalue weighted by Gasteiger charge is 2.47. The lowest BCUT2D eigenvalue weighted by Crippen LogP contribution is -2.63. The van der Waals surface area contributed by atoms with Crippen molar-refractivity contribution in [3.63, 3.8) is 0 Å². The summed E-state index contributed by atoms with van der Waals surface area (Å²) in [6.45, 7) is 14.2. The van der Waals surface area contributed by atoms with Crippen molar-refractivity contribution in [1.82, 2.24) is 4.90 Å². The lowest BCUT2D eigenvalue weighted by molar-refractivity contribution is -0.168. The molecule has 1 N–H and O–H groups in total. The molecule has 1 unspecified atom stereocenters. The highest BCUT2D eigenvalue weighted by molar-refractivity contribution is 6.74. The third-order valence-electron chi connectivity index (χ3n) is 4.66. The van der Waals surface area contributed by atoms with Gasteiger partial charge in [-0.05, 0) is 32.0 Å². The third-order valence-corrected chi connectivity index (χ3v) is 9.20. The van der Waals surface area contributed by atoms with Gasteiger partial charge in [-0.1, -0.05) is 20.8 Å². The Morgan fingerprint density at radius 3 is 2.25 bits per heavy atom. The molecule has 0 spiro atoms. The molecular formula is C14H27NO4Si. The topological polar surface area (TPSA) is 66.8 Å². The summed E-state index contributed by atoms with van der Waals surface area (Å²) >= 11 is 0. The quantitative estimate of drug-likeness (QED) is 0.626. The van der Waals surface area contributed by atoms with Crippen LogP contribution in [0.5, 0.6) is 0 Å². The van der Waals surface area contributed by atoms with Crippen LogP contribution in [-0.4, -0.2) is 42.5 Å². The van der Waals surface area contributed by atoms with E-state index < -0.39 is 20.2 Å². The molecule has 5 nitrogen and oxygen atoms in total. The van der Waals surface area contributed by atoms with E-state index in [-0.39, 0.29) is 23.2 Å². The van der Waals surface area contributed by atoms with Crippen molar-refractivity contribution in [3.8, 4) is 0 Å². The van der Waals surface area contributed by atoms with Gasteiger partial charge in [0, 0.05) is 6.42 Å². The van der Waals surface area contributed by atoms with Crippen molar-refractivity contribution in [2.75, 3.05) is 0 Å². The molecule has 0 aliphatic carbocycles. The minimum Gasteiger partial charge on any atom is -0.481 e. The number of β-lactam (4-membered cyclic amide) rings is 1. The maximum absolute atomic E-state index is 11.8.